The zero-order valence-electron chi connectivity index (χ0n) is 9.92. The molecule has 0 heterocycles. The van der Waals surface area contributed by atoms with Crippen LogP contribution in [0.15, 0.2) is 12.1 Å². The van der Waals surface area contributed by atoms with Gasteiger partial charge in [-0.25, -0.2) is 0 Å². The Hall–Kier alpha value is -1.06. The van der Waals surface area contributed by atoms with E-state index in [1.54, 1.807) is 7.11 Å². The van der Waals surface area contributed by atoms with E-state index in [1.807, 2.05) is 20.0 Å². The van der Waals surface area contributed by atoms with Crippen LogP contribution in [0.5, 0.6) is 5.75 Å². The van der Waals surface area contributed by atoms with Crippen molar-refractivity contribution in [3.8, 4) is 5.75 Å². The molecule has 0 amide bonds. The number of ether oxygens (including phenoxy) is 1. The highest BCUT2D eigenvalue weighted by Gasteiger charge is 2.10. The lowest BCUT2D eigenvalue weighted by atomic mass is 9.98. The molecule has 0 aliphatic heterocycles. The second-order valence-corrected chi connectivity index (χ2v) is 3.84. The van der Waals surface area contributed by atoms with Gasteiger partial charge in [0.05, 0.1) is 7.11 Å². The summed E-state index contributed by atoms with van der Waals surface area (Å²) in [5, 5.41) is 3.08. The zero-order valence-corrected chi connectivity index (χ0v) is 9.92. The molecule has 1 rings (SSSR count). The van der Waals surface area contributed by atoms with E-state index in [2.05, 4.69) is 18.3 Å². The molecule has 0 fully saturated rings. The number of hydrogen-bond donors (Lipinski definition) is 2. The molecule has 0 spiro atoms. The van der Waals surface area contributed by atoms with E-state index in [1.165, 1.54) is 11.1 Å². The summed E-state index contributed by atoms with van der Waals surface area (Å²) >= 11 is 0. The van der Waals surface area contributed by atoms with Gasteiger partial charge in [0, 0.05) is 12.6 Å². The van der Waals surface area contributed by atoms with Crippen LogP contribution < -0.4 is 15.8 Å². The molecular formula is C12H20N2O. The SMILES string of the molecule is CNCC(N)c1cc(C)c(OC)cc1C. The maximum atomic E-state index is 6.06. The summed E-state index contributed by atoms with van der Waals surface area (Å²) in [6.07, 6.45) is 0. The lowest BCUT2D eigenvalue weighted by Gasteiger charge is -2.16. The number of nitrogens with one attached hydrogen (secondary N) is 1. The van der Waals surface area contributed by atoms with Crippen molar-refractivity contribution in [1.29, 1.82) is 0 Å². The van der Waals surface area contributed by atoms with Gasteiger partial charge in [0.2, 0.25) is 0 Å². The van der Waals surface area contributed by atoms with Gasteiger partial charge < -0.3 is 15.8 Å². The van der Waals surface area contributed by atoms with Crippen molar-refractivity contribution in [1.82, 2.24) is 5.32 Å². The molecule has 1 aromatic carbocycles. The Morgan fingerprint density at radius 1 is 1.33 bits per heavy atom. The fraction of sp³-hybridized carbons (Fsp3) is 0.500. The van der Waals surface area contributed by atoms with E-state index in [0.29, 0.717) is 0 Å². The van der Waals surface area contributed by atoms with Gasteiger partial charge in [-0.3, -0.25) is 0 Å². The van der Waals surface area contributed by atoms with Crippen LogP contribution in [0.2, 0.25) is 0 Å². The van der Waals surface area contributed by atoms with Gasteiger partial charge in [0.25, 0.3) is 0 Å². The zero-order chi connectivity index (χ0) is 11.4. The Balaban J connectivity index is 3.04. The maximum absolute atomic E-state index is 6.06. The lowest BCUT2D eigenvalue weighted by molar-refractivity contribution is 0.411. The maximum Gasteiger partial charge on any atom is 0.122 e. The standard InChI is InChI=1S/C12H20N2O/c1-8-6-12(15-4)9(2)5-10(8)11(13)7-14-3/h5-6,11,14H,7,13H2,1-4H3. The number of hydrogen-bond acceptors (Lipinski definition) is 3. The first-order valence-electron chi connectivity index (χ1n) is 5.15. The van der Waals surface area contributed by atoms with Gasteiger partial charge in [-0.1, -0.05) is 6.07 Å². The fourth-order valence-electron chi connectivity index (χ4n) is 1.76. The minimum atomic E-state index is 0.0413. The van der Waals surface area contributed by atoms with Crippen LogP contribution in [0.3, 0.4) is 0 Å². The third kappa shape index (κ3) is 2.70. The number of likely N-dealkylation sites (N-methyl/N-ethyl adjacent to an activating group) is 1. The number of benzene rings is 1. The molecule has 15 heavy (non-hydrogen) atoms. The first-order chi connectivity index (χ1) is 7.10. The molecule has 0 aliphatic rings. The van der Waals surface area contributed by atoms with Crippen molar-refractivity contribution in [2.24, 2.45) is 5.73 Å². The first kappa shape index (κ1) is 12.0. The number of methoxy groups -OCH3 is 1. The van der Waals surface area contributed by atoms with Crippen molar-refractivity contribution in [2.75, 3.05) is 20.7 Å². The summed E-state index contributed by atoms with van der Waals surface area (Å²) in [4.78, 5) is 0. The number of rotatable bonds is 4. The summed E-state index contributed by atoms with van der Waals surface area (Å²) in [6, 6.07) is 4.19. The van der Waals surface area contributed by atoms with E-state index in [4.69, 9.17) is 10.5 Å². The molecule has 84 valence electrons. The van der Waals surface area contributed by atoms with Crippen LogP contribution in [-0.2, 0) is 0 Å². The second kappa shape index (κ2) is 5.14. The molecule has 1 unspecified atom stereocenters. The minimum Gasteiger partial charge on any atom is -0.496 e. The largest absolute Gasteiger partial charge is 0.496 e. The molecule has 0 aliphatic carbocycles. The predicted molar refractivity (Wildman–Crippen MR) is 63.3 cm³/mol. The van der Waals surface area contributed by atoms with Crippen molar-refractivity contribution in [3.05, 3.63) is 28.8 Å². The molecule has 3 N–H and O–H groups in total. The van der Waals surface area contributed by atoms with E-state index in [0.717, 1.165) is 17.9 Å². The Bertz CT molecular complexity index is 337. The summed E-state index contributed by atoms with van der Waals surface area (Å²) in [6.45, 7) is 4.88. The molecule has 0 saturated carbocycles. The van der Waals surface area contributed by atoms with Gasteiger partial charge >= 0.3 is 0 Å². The summed E-state index contributed by atoms with van der Waals surface area (Å²) < 4.78 is 5.26. The van der Waals surface area contributed by atoms with E-state index in [9.17, 15) is 0 Å². The first-order valence-corrected chi connectivity index (χ1v) is 5.15. The highest BCUT2D eigenvalue weighted by atomic mass is 16.5. The van der Waals surface area contributed by atoms with Crippen LogP contribution in [0.4, 0.5) is 0 Å². The van der Waals surface area contributed by atoms with E-state index >= 15 is 0 Å². The molecule has 1 atom stereocenters. The molecule has 0 radical (unpaired) electrons. The third-order valence-corrected chi connectivity index (χ3v) is 2.61. The van der Waals surface area contributed by atoms with Crippen LogP contribution in [0, 0.1) is 13.8 Å². The monoisotopic (exact) mass is 208 g/mol. The highest BCUT2D eigenvalue weighted by Crippen LogP contribution is 2.25. The number of aryl methyl sites for hydroxylation is 2. The highest BCUT2D eigenvalue weighted by molar-refractivity contribution is 5.42. The summed E-state index contributed by atoms with van der Waals surface area (Å²) in [7, 11) is 3.60. The van der Waals surface area contributed by atoms with Crippen molar-refractivity contribution in [3.63, 3.8) is 0 Å². The molecule has 1 aromatic rings. The Morgan fingerprint density at radius 3 is 2.53 bits per heavy atom. The second-order valence-electron chi connectivity index (χ2n) is 3.84. The topological polar surface area (TPSA) is 47.3 Å². The van der Waals surface area contributed by atoms with Crippen molar-refractivity contribution in [2.45, 2.75) is 19.9 Å². The minimum absolute atomic E-state index is 0.0413. The van der Waals surface area contributed by atoms with Crippen molar-refractivity contribution < 1.29 is 4.74 Å². The summed E-state index contributed by atoms with van der Waals surface area (Å²) in [5.41, 5.74) is 9.56. The lowest BCUT2D eigenvalue weighted by Crippen LogP contribution is -2.24. The van der Waals surface area contributed by atoms with E-state index < -0.39 is 0 Å². The van der Waals surface area contributed by atoms with Crippen molar-refractivity contribution >= 4 is 0 Å². The Kier molecular flexibility index (Phi) is 4.12. The van der Waals surface area contributed by atoms with Gasteiger partial charge in [0.1, 0.15) is 5.75 Å². The van der Waals surface area contributed by atoms with Gasteiger partial charge in [-0.2, -0.15) is 0 Å². The third-order valence-electron chi connectivity index (χ3n) is 2.61. The molecule has 0 saturated heterocycles. The van der Waals surface area contributed by atoms with E-state index in [-0.39, 0.29) is 6.04 Å². The van der Waals surface area contributed by atoms with Crippen LogP contribution in [0.25, 0.3) is 0 Å². The van der Waals surface area contributed by atoms with Gasteiger partial charge in [-0.05, 0) is 43.7 Å². The molecule has 0 bridgehead atoms. The summed E-state index contributed by atoms with van der Waals surface area (Å²) in [5.74, 6) is 0.924. The predicted octanol–water partition coefficient (Wildman–Crippen LogP) is 1.53. The molecule has 3 nitrogen and oxygen atoms in total. The average molecular weight is 208 g/mol. The Morgan fingerprint density at radius 2 is 2.00 bits per heavy atom. The smallest absolute Gasteiger partial charge is 0.122 e. The molecule has 3 heteroatoms. The average Bonchev–Trinajstić information content (AvgIpc) is 2.21. The quantitative estimate of drug-likeness (QED) is 0.789. The normalized spacial score (nSPS) is 12.6. The van der Waals surface area contributed by atoms with Gasteiger partial charge in [0.15, 0.2) is 0 Å². The van der Waals surface area contributed by atoms with Crippen LogP contribution >= 0.6 is 0 Å². The number of nitrogens with two attached hydrogens (primary N) is 1. The molecular weight excluding hydrogens is 188 g/mol. The van der Waals surface area contributed by atoms with Crippen LogP contribution in [0.1, 0.15) is 22.7 Å². The van der Waals surface area contributed by atoms with Gasteiger partial charge in [-0.15, -0.1) is 0 Å². The van der Waals surface area contributed by atoms with Crippen LogP contribution in [-0.4, -0.2) is 20.7 Å². The fourth-order valence-corrected chi connectivity index (χ4v) is 1.76. The Labute approximate surface area is 91.6 Å². The molecule has 0 aromatic heterocycles.